The van der Waals surface area contributed by atoms with Gasteiger partial charge in [0, 0.05) is 11.6 Å². The molecule has 0 aliphatic carbocycles. The number of aryl methyl sites for hydroxylation is 1. The van der Waals surface area contributed by atoms with Gasteiger partial charge in [0.05, 0.1) is 11.4 Å². The minimum absolute atomic E-state index is 0.0322. The van der Waals surface area contributed by atoms with E-state index in [1.54, 1.807) is 6.92 Å². The van der Waals surface area contributed by atoms with Gasteiger partial charge < -0.3 is 11.1 Å². The fraction of sp³-hybridized carbons (Fsp3) is 0.0714. The van der Waals surface area contributed by atoms with Crippen molar-refractivity contribution in [3.05, 3.63) is 58.9 Å². The van der Waals surface area contributed by atoms with Crippen molar-refractivity contribution in [2.45, 2.75) is 6.92 Å². The SMILES string of the molecule is Cc1cc(F)cc(C(=O)Nc2cc(N)c(F)cc2F)c1. The molecule has 0 atom stereocenters. The van der Waals surface area contributed by atoms with E-state index in [1.165, 1.54) is 12.1 Å². The van der Waals surface area contributed by atoms with Crippen molar-refractivity contribution in [3.8, 4) is 0 Å². The Kier molecular flexibility index (Phi) is 3.65. The van der Waals surface area contributed by atoms with E-state index in [0.717, 1.165) is 12.1 Å². The van der Waals surface area contributed by atoms with Gasteiger partial charge in [-0.25, -0.2) is 13.2 Å². The van der Waals surface area contributed by atoms with Gasteiger partial charge in [-0.15, -0.1) is 0 Å². The molecule has 0 spiro atoms. The van der Waals surface area contributed by atoms with E-state index in [-0.39, 0.29) is 16.9 Å². The third kappa shape index (κ3) is 2.90. The summed E-state index contributed by atoms with van der Waals surface area (Å²) in [5, 5.41) is 2.22. The second-order valence-electron chi connectivity index (χ2n) is 4.32. The van der Waals surface area contributed by atoms with Gasteiger partial charge >= 0.3 is 0 Å². The van der Waals surface area contributed by atoms with E-state index >= 15 is 0 Å². The first kappa shape index (κ1) is 13.9. The Morgan fingerprint density at radius 1 is 1.05 bits per heavy atom. The Balaban J connectivity index is 2.30. The summed E-state index contributed by atoms with van der Waals surface area (Å²) >= 11 is 0. The number of hydrogen-bond acceptors (Lipinski definition) is 2. The summed E-state index contributed by atoms with van der Waals surface area (Å²) in [7, 11) is 0. The molecule has 0 heterocycles. The predicted molar refractivity (Wildman–Crippen MR) is 69.9 cm³/mol. The number of benzene rings is 2. The van der Waals surface area contributed by atoms with Crippen LogP contribution in [-0.4, -0.2) is 5.91 Å². The normalized spacial score (nSPS) is 10.4. The summed E-state index contributed by atoms with van der Waals surface area (Å²) < 4.78 is 39.7. The van der Waals surface area contributed by atoms with E-state index in [0.29, 0.717) is 11.6 Å². The minimum atomic E-state index is -0.960. The molecular weight excluding hydrogens is 269 g/mol. The highest BCUT2D eigenvalue weighted by molar-refractivity contribution is 6.04. The maximum Gasteiger partial charge on any atom is 0.255 e. The lowest BCUT2D eigenvalue weighted by Gasteiger charge is -2.08. The fourth-order valence-corrected chi connectivity index (χ4v) is 1.72. The number of hydrogen-bond donors (Lipinski definition) is 2. The predicted octanol–water partition coefficient (Wildman–Crippen LogP) is 3.25. The molecule has 20 heavy (non-hydrogen) atoms. The molecule has 2 rings (SSSR count). The van der Waals surface area contributed by atoms with Crippen LogP contribution in [0.1, 0.15) is 15.9 Å². The average molecular weight is 280 g/mol. The Hall–Kier alpha value is -2.50. The first-order chi connectivity index (χ1) is 9.36. The summed E-state index contributed by atoms with van der Waals surface area (Å²) in [6, 6.07) is 5.26. The molecule has 2 aromatic carbocycles. The Morgan fingerprint density at radius 2 is 1.75 bits per heavy atom. The topological polar surface area (TPSA) is 55.1 Å². The highest BCUT2D eigenvalue weighted by Gasteiger charge is 2.13. The van der Waals surface area contributed by atoms with E-state index in [4.69, 9.17) is 5.73 Å². The smallest absolute Gasteiger partial charge is 0.255 e. The second kappa shape index (κ2) is 5.24. The lowest BCUT2D eigenvalue weighted by atomic mass is 10.1. The molecule has 0 unspecified atom stereocenters. The van der Waals surface area contributed by atoms with Crippen LogP contribution in [0.15, 0.2) is 30.3 Å². The van der Waals surface area contributed by atoms with Crippen LogP contribution < -0.4 is 11.1 Å². The van der Waals surface area contributed by atoms with Gasteiger partial charge in [-0.05, 0) is 36.8 Å². The van der Waals surface area contributed by atoms with Crippen molar-refractivity contribution < 1.29 is 18.0 Å². The number of nitrogen functional groups attached to an aromatic ring is 1. The van der Waals surface area contributed by atoms with Crippen LogP contribution in [0.3, 0.4) is 0 Å². The van der Waals surface area contributed by atoms with Crippen molar-refractivity contribution >= 4 is 17.3 Å². The van der Waals surface area contributed by atoms with Crippen molar-refractivity contribution in [2.75, 3.05) is 11.1 Å². The van der Waals surface area contributed by atoms with Crippen molar-refractivity contribution in [1.29, 1.82) is 0 Å². The summed E-state index contributed by atoms with van der Waals surface area (Å²) in [6.45, 7) is 1.62. The zero-order chi connectivity index (χ0) is 14.9. The van der Waals surface area contributed by atoms with Gasteiger partial charge in [-0.2, -0.15) is 0 Å². The number of rotatable bonds is 2. The molecular formula is C14H11F3N2O. The summed E-state index contributed by atoms with van der Waals surface area (Å²) in [5.41, 5.74) is 5.32. The monoisotopic (exact) mass is 280 g/mol. The van der Waals surface area contributed by atoms with Crippen molar-refractivity contribution in [2.24, 2.45) is 0 Å². The zero-order valence-corrected chi connectivity index (χ0v) is 10.5. The third-order valence-corrected chi connectivity index (χ3v) is 2.64. The van der Waals surface area contributed by atoms with Crippen LogP contribution in [0.5, 0.6) is 0 Å². The van der Waals surface area contributed by atoms with Gasteiger partial charge in [-0.3, -0.25) is 4.79 Å². The highest BCUT2D eigenvalue weighted by Crippen LogP contribution is 2.22. The molecule has 0 aliphatic rings. The summed E-state index contributed by atoms with van der Waals surface area (Å²) in [6.07, 6.45) is 0. The molecule has 0 aromatic heterocycles. The van der Waals surface area contributed by atoms with Crippen LogP contribution in [0.4, 0.5) is 24.5 Å². The van der Waals surface area contributed by atoms with Gasteiger partial charge in [-0.1, -0.05) is 0 Å². The summed E-state index contributed by atoms with van der Waals surface area (Å²) in [4.78, 5) is 11.9. The first-order valence-corrected chi connectivity index (χ1v) is 5.70. The quantitative estimate of drug-likeness (QED) is 0.830. The first-order valence-electron chi connectivity index (χ1n) is 5.70. The van der Waals surface area contributed by atoms with Crippen LogP contribution in [-0.2, 0) is 0 Å². The molecule has 0 radical (unpaired) electrons. The molecule has 0 saturated carbocycles. The fourth-order valence-electron chi connectivity index (χ4n) is 1.72. The number of anilines is 2. The van der Waals surface area contributed by atoms with Gasteiger partial charge in [0.2, 0.25) is 0 Å². The molecule has 0 aliphatic heterocycles. The van der Waals surface area contributed by atoms with Crippen LogP contribution in [0.2, 0.25) is 0 Å². The second-order valence-corrected chi connectivity index (χ2v) is 4.32. The van der Waals surface area contributed by atoms with E-state index in [1.807, 2.05) is 0 Å². The standard InChI is InChI=1S/C14H11F3N2O/c1-7-2-8(4-9(15)3-7)14(20)19-13-6-12(18)10(16)5-11(13)17/h2-6H,18H2,1H3,(H,19,20). The maximum atomic E-state index is 13.5. The molecule has 0 fully saturated rings. The van der Waals surface area contributed by atoms with E-state index in [2.05, 4.69) is 5.32 Å². The molecule has 0 bridgehead atoms. The van der Waals surface area contributed by atoms with Crippen molar-refractivity contribution in [1.82, 2.24) is 0 Å². The largest absolute Gasteiger partial charge is 0.396 e. The van der Waals surface area contributed by atoms with Crippen LogP contribution >= 0.6 is 0 Å². The Bertz CT molecular complexity index is 666. The van der Waals surface area contributed by atoms with Crippen LogP contribution in [0, 0.1) is 24.4 Å². The lowest BCUT2D eigenvalue weighted by Crippen LogP contribution is -2.14. The maximum absolute atomic E-state index is 13.5. The third-order valence-electron chi connectivity index (χ3n) is 2.64. The number of amides is 1. The molecule has 6 heteroatoms. The number of nitrogens with two attached hydrogens (primary N) is 1. The van der Waals surface area contributed by atoms with Gasteiger partial charge in [0.1, 0.15) is 17.5 Å². The Morgan fingerprint density at radius 3 is 2.40 bits per heavy atom. The van der Waals surface area contributed by atoms with Gasteiger partial charge in [0.25, 0.3) is 5.91 Å². The molecule has 3 N–H and O–H groups in total. The summed E-state index contributed by atoms with van der Waals surface area (Å²) in [5.74, 6) is -3.16. The number of carbonyl (C=O) groups is 1. The van der Waals surface area contributed by atoms with Crippen LogP contribution in [0.25, 0.3) is 0 Å². The minimum Gasteiger partial charge on any atom is -0.396 e. The zero-order valence-electron chi connectivity index (χ0n) is 10.5. The molecule has 0 saturated heterocycles. The number of carbonyl (C=O) groups excluding carboxylic acids is 1. The highest BCUT2D eigenvalue weighted by atomic mass is 19.1. The van der Waals surface area contributed by atoms with Gasteiger partial charge in [0.15, 0.2) is 0 Å². The number of halogens is 3. The molecule has 2 aromatic rings. The molecule has 3 nitrogen and oxygen atoms in total. The average Bonchev–Trinajstić information content (AvgIpc) is 2.34. The molecule has 104 valence electrons. The van der Waals surface area contributed by atoms with E-state index in [9.17, 15) is 18.0 Å². The number of nitrogens with one attached hydrogen (secondary N) is 1. The van der Waals surface area contributed by atoms with E-state index < -0.39 is 23.4 Å². The molecule has 1 amide bonds. The lowest BCUT2D eigenvalue weighted by molar-refractivity contribution is 0.102. The van der Waals surface area contributed by atoms with Crippen molar-refractivity contribution in [3.63, 3.8) is 0 Å². The Labute approximate surface area is 113 Å².